The van der Waals surface area contributed by atoms with Crippen LogP contribution in [0.1, 0.15) is 35.7 Å². The molecule has 1 aromatic rings. The van der Waals surface area contributed by atoms with E-state index in [9.17, 15) is 9.59 Å². The number of hydrogen-bond acceptors (Lipinski definition) is 3. The molecule has 1 aromatic heterocycles. The summed E-state index contributed by atoms with van der Waals surface area (Å²) in [6.45, 7) is 0. The van der Waals surface area contributed by atoms with Crippen molar-refractivity contribution >= 4 is 5.97 Å². The van der Waals surface area contributed by atoms with E-state index in [1.54, 1.807) is 16.8 Å². The summed E-state index contributed by atoms with van der Waals surface area (Å²) in [7, 11) is 1.28. The van der Waals surface area contributed by atoms with Crippen LogP contribution in [0.4, 0.5) is 0 Å². The zero-order valence-corrected chi connectivity index (χ0v) is 8.60. The second-order valence-corrected chi connectivity index (χ2v) is 3.71. The number of ether oxygens (including phenoxy) is 1. The highest BCUT2D eigenvalue weighted by atomic mass is 16.5. The highest BCUT2D eigenvalue weighted by Gasteiger charge is 2.22. The first-order valence-corrected chi connectivity index (χ1v) is 5.03. The number of hydrogen-bond donors (Lipinski definition) is 0. The van der Waals surface area contributed by atoms with E-state index in [1.807, 2.05) is 0 Å². The minimum absolute atomic E-state index is 0.118. The van der Waals surface area contributed by atoms with Crippen molar-refractivity contribution in [2.75, 3.05) is 7.11 Å². The number of esters is 1. The molecule has 0 spiro atoms. The number of carbonyl (C=O) groups is 1. The molecule has 0 atom stereocenters. The Kier molecular flexibility index (Phi) is 2.58. The lowest BCUT2D eigenvalue weighted by Crippen LogP contribution is -2.32. The minimum atomic E-state index is -0.561. The molecule has 4 nitrogen and oxygen atoms in total. The number of carbonyl (C=O) groups excluding carboxylic acids is 1. The van der Waals surface area contributed by atoms with E-state index in [0.29, 0.717) is 0 Å². The Hall–Kier alpha value is -1.58. The van der Waals surface area contributed by atoms with E-state index in [4.69, 9.17) is 0 Å². The van der Waals surface area contributed by atoms with Crippen LogP contribution in [0.25, 0.3) is 0 Å². The number of pyridine rings is 1. The summed E-state index contributed by atoms with van der Waals surface area (Å²) in [5, 5.41) is 0. The molecule has 0 aliphatic heterocycles. The summed E-state index contributed by atoms with van der Waals surface area (Å²) in [5.74, 6) is -0.561. The number of rotatable bonds is 2. The van der Waals surface area contributed by atoms with Gasteiger partial charge in [0, 0.05) is 12.2 Å². The third-order valence-electron chi connectivity index (χ3n) is 2.85. The smallest absolute Gasteiger partial charge is 0.343 e. The molecule has 0 aromatic carbocycles. The maximum atomic E-state index is 11.9. The molecule has 0 radical (unpaired) electrons. The van der Waals surface area contributed by atoms with Crippen LogP contribution in [0.5, 0.6) is 0 Å². The van der Waals surface area contributed by atoms with Crippen LogP contribution in [0, 0.1) is 0 Å². The van der Waals surface area contributed by atoms with E-state index in [-0.39, 0.29) is 17.2 Å². The van der Waals surface area contributed by atoms with Gasteiger partial charge in [0.2, 0.25) is 0 Å². The topological polar surface area (TPSA) is 48.3 Å². The second-order valence-electron chi connectivity index (χ2n) is 3.71. The summed E-state index contributed by atoms with van der Waals surface area (Å²) in [4.78, 5) is 23.1. The molecule has 2 rings (SSSR count). The molecule has 0 N–H and O–H groups in total. The average molecular weight is 207 g/mol. The Labute approximate surface area is 87.5 Å². The van der Waals surface area contributed by atoms with Gasteiger partial charge in [-0.2, -0.15) is 0 Å². The molecule has 0 saturated heterocycles. The summed E-state index contributed by atoms with van der Waals surface area (Å²) in [6, 6.07) is 3.48. The summed E-state index contributed by atoms with van der Waals surface area (Å²) >= 11 is 0. The lowest BCUT2D eigenvalue weighted by atomic mass is 9.92. The largest absolute Gasteiger partial charge is 0.465 e. The molecule has 1 aliphatic carbocycles. The van der Waals surface area contributed by atoms with Crippen LogP contribution in [0.3, 0.4) is 0 Å². The molecular formula is C11H13NO3. The van der Waals surface area contributed by atoms with Gasteiger partial charge in [0.25, 0.3) is 5.56 Å². The Morgan fingerprint density at radius 2 is 2.27 bits per heavy atom. The lowest BCUT2D eigenvalue weighted by molar-refractivity contribution is 0.0597. The number of methoxy groups -OCH3 is 1. The van der Waals surface area contributed by atoms with Gasteiger partial charge in [0.05, 0.1) is 7.11 Å². The zero-order chi connectivity index (χ0) is 10.8. The van der Waals surface area contributed by atoms with E-state index < -0.39 is 5.97 Å². The number of aromatic nitrogens is 1. The molecular weight excluding hydrogens is 194 g/mol. The normalized spacial score (nSPS) is 15.8. The van der Waals surface area contributed by atoms with Gasteiger partial charge in [0.1, 0.15) is 5.56 Å². The molecule has 1 heterocycles. The predicted octanol–water partition coefficient (Wildman–Crippen LogP) is 1.36. The third kappa shape index (κ3) is 1.67. The van der Waals surface area contributed by atoms with Crippen LogP contribution in [0.2, 0.25) is 0 Å². The van der Waals surface area contributed by atoms with Crippen molar-refractivity contribution in [2.45, 2.75) is 25.3 Å². The molecule has 0 bridgehead atoms. The maximum Gasteiger partial charge on any atom is 0.343 e. The van der Waals surface area contributed by atoms with Crippen molar-refractivity contribution in [1.29, 1.82) is 0 Å². The average Bonchev–Trinajstić information content (AvgIpc) is 2.17. The van der Waals surface area contributed by atoms with E-state index in [0.717, 1.165) is 19.3 Å². The fourth-order valence-electron chi connectivity index (χ4n) is 1.73. The Morgan fingerprint density at radius 1 is 1.53 bits per heavy atom. The Balaban J connectivity index is 2.41. The van der Waals surface area contributed by atoms with Crippen molar-refractivity contribution in [3.8, 4) is 0 Å². The van der Waals surface area contributed by atoms with Gasteiger partial charge in [-0.25, -0.2) is 4.79 Å². The first-order chi connectivity index (χ1) is 7.24. The molecule has 1 aliphatic rings. The molecule has 80 valence electrons. The lowest BCUT2D eigenvalue weighted by Gasteiger charge is -2.27. The zero-order valence-electron chi connectivity index (χ0n) is 8.60. The quantitative estimate of drug-likeness (QED) is 0.688. The van der Waals surface area contributed by atoms with Crippen molar-refractivity contribution in [2.24, 2.45) is 0 Å². The Bertz CT molecular complexity index is 432. The van der Waals surface area contributed by atoms with Crippen LogP contribution in [0.15, 0.2) is 23.1 Å². The molecule has 0 amide bonds. The second kappa shape index (κ2) is 3.88. The van der Waals surface area contributed by atoms with Gasteiger partial charge in [-0.3, -0.25) is 4.79 Å². The SMILES string of the molecule is COC(=O)c1cccn(C2CCC2)c1=O. The highest BCUT2D eigenvalue weighted by Crippen LogP contribution is 2.29. The molecule has 4 heteroatoms. The van der Waals surface area contributed by atoms with Gasteiger partial charge >= 0.3 is 5.97 Å². The monoisotopic (exact) mass is 207 g/mol. The molecule has 0 unspecified atom stereocenters. The minimum Gasteiger partial charge on any atom is -0.465 e. The van der Waals surface area contributed by atoms with E-state index in [2.05, 4.69) is 4.74 Å². The van der Waals surface area contributed by atoms with Gasteiger partial charge in [-0.1, -0.05) is 0 Å². The van der Waals surface area contributed by atoms with Crippen molar-refractivity contribution in [3.63, 3.8) is 0 Å². The predicted molar refractivity (Wildman–Crippen MR) is 54.9 cm³/mol. The number of nitrogens with zero attached hydrogens (tertiary/aromatic N) is 1. The van der Waals surface area contributed by atoms with Gasteiger partial charge in [0.15, 0.2) is 0 Å². The van der Waals surface area contributed by atoms with Crippen LogP contribution >= 0.6 is 0 Å². The molecule has 1 saturated carbocycles. The fourth-order valence-corrected chi connectivity index (χ4v) is 1.73. The van der Waals surface area contributed by atoms with Gasteiger partial charge in [-0.05, 0) is 31.4 Å². The van der Waals surface area contributed by atoms with Crippen molar-refractivity contribution in [3.05, 3.63) is 34.2 Å². The first-order valence-electron chi connectivity index (χ1n) is 5.03. The fraction of sp³-hybridized carbons (Fsp3) is 0.455. The summed E-state index contributed by atoms with van der Waals surface area (Å²) in [5.41, 5.74) is -0.124. The van der Waals surface area contributed by atoms with E-state index in [1.165, 1.54) is 13.2 Å². The van der Waals surface area contributed by atoms with Crippen molar-refractivity contribution < 1.29 is 9.53 Å². The van der Waals surface area contributed by atoms with Crippen LogP contribution < -0.4 is 5.56 Å². The summed E-state index contributed by atoms with van der Waals surface area (Å²) < 4.78 is 6.19. The van der Waals surface area contributed by atoms with Gasteiger partial charge in [-0.15, -0.1) is 0 Å². The molecule has 1 fully saturated rings. The summed E-state index contributed by atoms with van der Waals surface area (Å²) in [6.07, 6.45) is 4.92. The third-order valence-corrected chi connectivity index (χ3v) is 2.85. The standard InChI is InChI=1S/C11H13NO3/c1-15-11(14)9-6-3-7-12(10(9)13)8-4-2-5-8/h3,6-8H,2,4-5H2,1H3. The maximum absolute atomic E-state index is 11.9. The Morgan fingerprint density at radius 3 is 2.80 bits per heavy atom. The van der Waals surface area contributed by atoms with E-state index >= 15 is 0 Å². The van der Waals surface area contributed by atoms with Crippen molar-refractivity contribution in [1.82, 2.24) is 4.57 Å². The highest BCUT2D eigenvalue weighted by molar-refractivity contribution is 5.88. The first kappa shape index (κ1) is 9.96. The van der Waals surface area contributed by atoms with Crippen LogP contribution in [-0.2, 0) is 4.74 Å². The van der Waals surface area contributed by atoms with Gasteiger partial charge < -0.3 is 9.30 Å². The van der Waals surface area contributed by atoms with Crippen LogP contribution in [-0.4, -0.2) is 17.6 Å². The molecule has 15 heavy (non-hydrogen) atoms.